The molecule has 11 nitrogen and oxygen atoms in total. The molecule has 3 heterocycles. The van der Waals surface area contributed by atoms with E-state index in [1.54, 1.807) is 18.2 Å². The predicted octanol–water partition coefficient (Wildman–Crippen LogP) is 3.87. The van der Waals surface area contributed by atoms with Crippen molar-refractivity contribution in [3.05, 3.63) is 59.7 Å². The Hall–Kier alpha value is -4.96. The Morgan fingerprint density at radius 2 is 1.72 bits per heavy atom. The normalized spacial score (nSPS) is 12.4. The lowest BCUT2D eigenvalue weighted by atomic mass is 10.1. The maximum atomic E-state index is 13.6. The summed E-state index contributed by atoms with van der Waals surface area (Å²) in [6.07, 6.45) is -6.57. The van der Waals surface area contributed by atoms with Crippen LogP contribution in [0.15, 0.2) is 43.0 Å². The van der Waals surface area contributed by atoms with E-state index in [-0.39, 0.29) is 35.2 Å². The summed E-state index contributed by atoms with van der Waals surface area (Å²) < 4.78 is 72.4. The summed E-state index contributed by atoms with van der Waals surface area (Å²) in [4.78, 5) is 43.9. The number of aromatic nitrogens is 3. The van der Waals surface area contributed by atoms with Crippen LogP contribution in [-0.2, 0) is 22.2 Å². The average molecular weight is 557 g/mol. The minimum atomic E-state index is -5.08. The summed E-state index contributed by atoms with van der Waals surface area (Å²) in [5, 5.41) is 17.7. The Morgan fingerprint density at radius 3 is 2.33 bits per heavy atom. The van der Waals surface area contributed by atoms with E-state index in [0.717, 1.165) is 18.0 Å². The van der Waals surface area contributed by atoms with Crippen LogP contribution in [0.25, 0.3) is 0 Å². The van der Waals surface area contributed by atoms with Crippen LogP contribution in [0.4, 0.5) is 55.0 Å². The molecule has 1 aliphatic rings. The lowest BCUT2D eigenvalue weighted by molar-refractivity contribution is -0.192. The number of carbonyl (C=O) groups excluding carboxylic acids is 2. The van der Waals surface area contributed by atoms with E-state index in [4.69, 9.17) is 9.90 Å². The van der Waals surface area contributed by atoms with Gasteiger partial charge in [0.25, 0.3) is 5.91 Å². The second-order valence-electron chi connectivity index (χ2n) is 7.63. The maximum absolute atomic E-state index is 13.6. The summed E-state index contributed by atoms with van der Waals surface area (Å²) >= 11 is 0. The highest BCUT2D eigenvalue weighted by Crippen LogP contribution is 2.37. The van der Waals surface area contributed by atoms with Crippen LogP contribution in [-0.4, -0.2) is 51.1 Å². The molecule has 0 bridgehead atoms. The van der Waals surface area contributed by atoms with Crippen LogP contribution in [0.3, 0.4) is 0 Å². The highest BCUT2D eigenvalue weighted by atomic mass is 19.4. The first-order chi connectivity index (χ1) is 18.2. The third-order valence-electron chi connectivity index (χ3n) is 4.89. The largest absolute Gasteiger partial charge is 0.490 e. The highest BCUT2D eigenvalue weighted by molar-refractivity contribution is 6.00. The van der Waals surface area contributed by atoms with Crippen LogP contribution in [0.5, 0.6) is 0 Å². The smallest absolute Gasteiger partial charge is 0.475 e. The fourth-order valence-corrected chi connectivity index (χ4v) is 3.17. The molecule has 0 spiro atoms. The van der Waals surface area contributed by atoms with E-state index in [0.29, 0.717) is 17.6 Å². The van der Waals surface area contributed by atoms with Crippen LogP contribution in [0.1, 0.15) is 21.5 Å². The lowest BCUT2D eigenvalue weighted by Crippen LogP contribution is -2.21. The zero-order chi connectivity index (χ0) is 29.0. The molecule has 0 saturated carbocycles. The zero-order valence-corrected chi connectivity index (χ0v) is 19.5. The van der Waals surface area contributed by atoms with Gasteiger partial charge in [0, 0.05) is 36.9 Å². The number of hydrogen-bond donors (Lipinski definition) is 5. The molecule has 39 heavy (non-hydrogen) atoms. The van der Waals surface area contributed by atoms with Crippen molar-refractivity contribution in [3.63, 3.8) is 0 Å². The molecular formula is C22H17F6N7O4. The Bertz CT molecular complexity index is 1410. The predicted molar refractivity (Wildman–Crippen MR) is 124 cm³/mol. The molecule has 0 aliphatic carbocycles. The van der Waals surface area contributed by atoms with Gasteiger partial charge >= 0.3 is 18.3 Å². The third-order valence-corrected chi connectivity index (χ3v) is 4.89. The van der Waals surface area contributed by atoms with E-state index in [9.17, 15) is 35.9 Å². The van der Waals surface area contributed by atoms with Gasteiger partial charge in [-0.1, -0.05) is 0 Å². The fourth-order valence-electron chi connectivity index (χ4n) is 3.17. The van der Waals surface area contributed by atoms with Crippen LogP contribution < -0.4 is 21.3 Å². The van der Waals surface area contributed by atoms with Crippen molar-refractivity contribution >= 4 is 46.5 Å². The molecule has 1 aliphatic heterocycles. The van der Waals surface area contributed by atoms with Crippen molar-refractivity contribution in [3.8, 4) is 0 Å². The average Bonchev–Trinajstić information content (AvgIpc) is 3.22. The number of nitrogens with zero attached hydrogens (tertiary/aromatic N) is 3. The summed E-state index contributed by atoms with van der Waals surface area (Å²) in [5.74, 6) is -3.42. The number of carbonyl (C=O) groups is 3. The van der Waals surface area contributed by atoms with Crippen LogP contribution in [0.2, 0.25) is 0 Å². The quantitative estimate of drug-likeness (QED) is 0.294. The number of hydrogen-bond acceptors (Lipinski definition) is 8. The number of nitrogens with one attached hydrogen (secondary N) is 4. The van der Waals surface area contributed by atoms with E-state index in [1.165, 1.54) is 13.2 Å². The van der Waals surface area contributed by atoms with Gasteiger partial charge in [0.15, 0.2) is 0 Å². The molecule has 0 saturated heterocycles. The fraction of sp³-hybridized carbons (Fsp3) is 0.182. The van der Waals surface area contributed by atoms with E-state index in [2.05, 4.69) is 36.2 Å². The standard InChI is InChI=1S/C20H16F3N7O2.C2HF3O2/c1-24-19(32)12-7-25-9-27-18(12)30-15-6-16(26-8-13(15)20(21,22)23)28-11-2-3-14-10(4-11)5-17(31)29-14;3-2(4,5)1(6)7/h2-4,6-9H,5H2,1H3,(H,24,32)(H,29,31)(H2,25,26,27,28,30);(H,6,7). The van der Waals surface area contributed by atoms with Gasteiger partial charge in [0.05, 0.1) is 17.7 Å². The Balaban J connectivity index is 0.000000532. The number of pyridine rings is 1. The lowest BCUT2D eigenvalue weighted by Gasteiger charge is -2.17. The molecule has 4 rings (SSSR count). The first-order valence-corrected chi connectivity index (χ1v) is 10.5. The van der Waals surface area contributed by atoms with Gasteiger partial charge in [-0.2, -0.15) is 26.3 Å². The number of carboxylic acid groups (broad SMARTS) is 1. The number of fused-ring (bicyclic) bond motifs is 1. The van der Waals surface area contributed by atoms with Gasteiger partial charge in [-0.05, 0) is 23.8 Å². The molecule has 206 valence electrons. The number of aliphatic carboxylic acids is 1. The van der Waals surface area contributed by atoms with Crippen LogP contribution >= 0.6 is 0 Å². The number of carboxylic acids is 1. The summed E-state index contributed by atoms with van der Waals surface area (Å²) in [5.41, 5.74) is 0.595. The number of alkyl halides is 6. The minimum Gasteiger partial charge on any atom is -0.475 e. The molecule has 5 N–H and O–H groups in total. The van der Waals surface area contributed by atoms with Gasteiger partial charge in [0.1, 0.15) is 23.5 Å². The second kappa shape index (κ2) is 11.2. The third kappa shape index (κ3) is 7.30. The molecule has 0 unspecified atom stereocenters. The summed E-state index contributed by atoms with van der Waals surface area (Å²) in [6, 6.07) is 6.25. The summed E-state index contributed by atoms with van der Waals surface area (Å²) in [6.45, 7) is 0. The van der Waals surface area contributed by atoms with Crippen molar-refractivity contribution in [1.29, 1.82) is 0 Å². The zero-order valence-electron chi connectivity index (χ0n) is 19.5. The first-order valence-electron chi connectivity index (χ1n) is 10.5. The van der Waals surface area contributed by atoms with Crippen molar-refractivity contribution in [1.82, 2.24) is 20.3 Å². The summed E-state index contributed by atoms with van der Waals surface area (Å²) in [7, 11) is 1.38. The number of benzene rings is 1. The van der Waals surface area contributed by atoms with Gasteiger partial charge in [-0.3, -0.25) is 9.59 Å². The molecule has 2 aromatic heterocycles. The SMILES string of the molecule is CNC(=O)c1cncnc1Nc1cc(Nc2ccc3c(c2)CC(=O)N3)ncc1C(F)(F)F.O=C(O)C(F)(F)F. The van der Waals surface area contributed by atoms with Crippen molar-refractivity contribution in [2.24, 2.45) is 0 Å². The number of anilines is 5. The van der Waals surface area contributed by atoms with E-state index < -0.39 is 29.8 Å². The van der Waals surface area contributed by atoms with Crippen molar-refractivity contribution < 1.29 is 45.8 Å². The number of halogens is 6. The minimum absolute atomic E-state index is 0.0229. The molecule has 1 aromatic carbocycles. The monoisotopic (exact) mass is 557 g/mol. The number of rotatable bonds is 5. The topological polar surface area (TPSA) is 158 Å². The van der Waals surface area contributed by atoms with Crippen molar-refractivity contribution in [2.45, 2.75) is 18.8 Å². The molecule has 3 aromatic rings. The van der Waals surface area contributed by atoms with E-state index >= 15 is 0 Å². The molecule has 2 amide bonds. The first kappa shape index (κ1) is 28.6. The van der Waals surface area contributed by atoms with Crippen LogP contribution in [0, 0.1) is 0 Å². The molecule has 0 fully saturated rings. The van der Waals surface area contributed by atoms with Gasteiger partial charge < -0.3 is 26.4 Å². The van der Waals surface area contributed by atoms with Crippen molar-refractivity contribution in [2.75, 3.05) is 23.0 Å². The Morgan fingerprint density at radius 1 is 1.03 bits per heavy atom. The van der Waals surface area contributed by atoms with Gasteiger partial charge in [0.2, 0.25) is 5.91 Å². The molecule has 0 radical (unpaired) electrons. The van der Waals surface area contributed by atoms with E-state index in [1.807, 2.05) is 0 Å². The second-order valence-corrected chi connectivity index (χ2v) is 7.63. The van der Waals surface area contributed by atoms with Gasteiger partial charge in [-0.25, -0.2) is 19.7 Å². The van der Waals surface area contributed by atoms with Gasteiger partial charge in [-0.15, -0.1) is 0 Å². The Labute approximate surface area is 214 Å². The Kier molecular flexibility index (Phi) is 8.21. The molecule has 17 heteroatoms. The molecular weight excluding hydrogens is 540 g/mol. The number of amides is 2. The maximum Gasteiger partial charge on any atom is 0.490 e. The molecule has 0 atom stereocenters. The highest BCUT2D eigenvalue weighted by Gasteiger charge is 2.38.